The van der Waals surface area contributed by atoms with Gasteiger partial charge in [-0.25, -0.2) is 9.59 Å². The summed E-state index contributed by atoms with van der Waals surface area (Å²) in [4.78, 5) is 25.1. The van der Waals surface area contributed by atoms with Gasteiger partial charge < -0.3 is 29.9 Å². The molecule has 2 fully saturated rings. The summed E-state index contributed by atoms with van der Waals surface area (Å²) in [6.45, 7) is 1.44. The molecule has 1 unspecified atom stereocenters. The molecule has 2 rings (SSSR count). The Morgan fingerprint density at radius 2 is 2.00 bits per heavy atom. The third kappa shape index (κ3) is 3.20. The Hall–Kier alpha value is -1.38. The van der Waals surface area contributed by atoms with Crippen LogP contribution in [0.2, 0.25) is 0 Å². The fourth-order valence-corrected chi connectivity index (χ4v) is 2.41. The lowest BCUT2D eigenvalue weighted by atomic mass is 9.90. The first-order valence-corrected chi connectivity index (χ1v) is 6.68. The maximum absolute atomic E-state index is 12.2. The van der Waals surface area contributed by atoms with Crippen molar-refractivity contribution in [3.8, 4) is 0 Å². The second-order valence-corrected chi connectivity index (χ2v) is 5.05. The molecule has 0 bridgehead atoms. The number of hydrogen-bond donors (Lipinski definition) is 3. The minimum absolute atomic E-state index is 0.165. The molecule has 2 heterocycles. The van der Waals surface area contributed by atoms with Crippen LogP contribution in [0.5, 0.6) is 0 Å². The van der Waals surface area contributed by atoms with Crippen molar-refractivity contribution in [3.63, 3.8) is 0 Å². The van der Waals surface area contributed by atoms with Crippen molar-refractivity contribution in [1.82, 2.24) is 10.2 Å². The predicted molar refractivity (Wildman–Crippen MR) is 67.4 cm³/mol. The van der Waals surface area contributed by atoms with Crippen LogP contribution in [0.3, 0.4) is 0 Å². The summed E-state index contributed by atoms with van der Waals surface area (Å²) in [6.07, 6.45) is 0.0916. The van der Waals surface area contributed by atoms with E-state index in [0.717, 1.165) is 0 Å². The summed E-state index contributed by atoms with van der Waals surface area (Å²) < 4.78 is 10.4. The molecule has 114 valence electrons. The zero-order valence-corrected chi connectivity index (χ0v) is 11.2. The number of aliphatic carboxylic acids is 1. The molecule has 2 saturated heterocycles. The first kappa shape index (κ1) is 15.0. The smallest absolute Gasteiger partial charge is 0.329 e. The quantitative estimate of drug-likeness (QED) is 0.616. The van der Waals surface area contributed by atoms with Gasteiger partial charge in [0.2, 0.25) is 0 Å². The third-order valence-corrected chi connectivity index (χ3v) is 3.73. The number of carboxylic acid groups (broad SMARTS) is 1. The van der Waals surface area contributed by atoms with Crippen LogP contribution in [0.15, 0.2) is 0 Å². The van der Waals surface area contributed by atoms with Gasteiger partial charge >= 0.3 is 12.0 Å². The van der Waals surface area contributed by atoms with E-state index >= 15 is 0 Å². The molecule has 3 N–H and O–H groups in total. The first-order chi connectivity index (χ1) is 9.57. The summed E-state index contributed by atoms with van der Waals surface area (Å²) in [5.74, 6) is -1.04. The fourth-order valence-electron chi connectivity index (χ4n) is 2.41. The zero-order chi connectivity index (χ0) is 14.6. The number of aliphatic hydroxyl groups is 1. The molecular formula is C12H20N2O6. The van der Waals surface area contributed by atoms with Crippen LogP contribution in [-0.4, -0.2) is 78.3 Å². The van der Waals surface area contributed by atoms with Crippen LogP contribution < -0.4 is 5.32 Å². The Morgan fingerprint density at radius 3 is 2.60 bits per heavy atom. The maximum atomic E-state index is 12.2. The Bertz CT molecular complexity index is 369. The number of nitrogens with one attached hydrogen (secondary N) is 1. The van der Waals surface area contributed by atoms with Crippen molar-refractivity contribution in [1.29, 1.82) is 0 Å². The molecule has 0 aliphatic carbocycles. The molecule has 2 amide bonds. The van der Waals surface area contributed by atoms with E-state index in [9.17, 15) is 14.7 Å². The van der Waals surface area contributed by atoms with Crippen LogP contribution in [0, 0.1) is 0 Å². The highest BCUT2D eigenvalue weighted by Gasteiger charge is 2.42. The number of rotatable bonds is 3. The van der Waals surface area contributed by atoms with Gasteiger partial charge in [0.25, 0.3) is 0 Å². The number of carbonyl (C=O) groups excluding carboxylic acids is 1. The minimum Gasteiger partial charge on any atom is -0.480 e. The average Bonchev–Trinajstić information content (AvgIpc) is 2.48. The minimum atomic E-state index is -1.26. The third-order valence-electron chi connectivity index (χ3n) is 3.73. The highest BCUT2D eigenvalue weighted by atomic mass is 16.5. The lowest BCUT2D eigenvalue weighted by Crippen LogP contribution is -2.62. The Balaban J connectivity index is 1.99. The molecule has 0 saturated carbocycles. The largest absolute Gasteiger partial charge is 0.480 e. The van der Waals surface area contributed by atoms with E-state index in [1.54, 1.807) is 0 Å². The number of nitrogens with zero attached hydrogens (tertiary/aromatic N) is 1. The number of carboxylic acids is 1. The van der Waals surface area contributed by atoms with E-state index in [2.05, 4.69) is 5.32 Å². The molecule has 0 aromatic rings. The molecule has 0 radical (unpaired) electrons. The molecule has 2 aliphatic rings. The predicted octanol–water partition coefficient (Wildman–Crippen LogP) is -0.977. The SMILES string of the molecule is O=C(NC1(C(=O)O)CCOCC1)N1CCOC(CO)C1. The summed E-state index contributed by atoms with van der Waals surface area (Å²) in [5.41, 5.74) is -1.26. The van der Waals surface area contributed by atoms with Crippen molar-refractivity contribution in [3.05, 3.63) is 0 Å². The Morgan fingerprint density at radius 1 is 1.30 bits per heavy atom. The van der Waals surface area contributed by atoms with E-state index < -0.39 is 23.6 Å². The van der Waals surface area contributed by atoms with Gasteiger partial charge in [0.15, 0.2) is 0 Å². The van der Waals surface area contributed by atoms with Gasteiger partial charge in [0, 0.05) is 32.6 Å². The Labute approximate surface area is 116 Å². The van der Waals surface area contributed by atoms with Gasteiger partial charge in [0.1, 0.15) is 5.54 Å². The van der Waals surface area contributed by atoms with Gasteiger partial charge in [-0.15, -0.1) is 0 Å². The van der Waals surface area contributed by atoms with Crippen LogP contribution in [0.25, 0.3) is 0 Å². The molecule has 8 heteroatoms. The zero-order valence-electron chi connectivity index (χ0n) is 11.2. The Kier molecular flexibility index (Phi) is 4.79. The number of urea groups is 1. The normalized spacial score (nSPS) is 26.1. The number of aliphatic hydroxyl groups excluding tert-OH is 1. The van der Waals surface area contributed by atoms with Gasteiger partial charge in [-0.3, -0.25) is 0 Å². The molecule has 0 spiro atoms. The summed E-state index contributed by atoms with van der Waals surface area (Å²) in [5, 5.41) is 21.1. The highest BCUT2D eigenvalue weighted by molar-refractivity contribution is 5.86. The number of carbonyl (C=O) groups is 2. The van der Waals surface area contributed by atoms with Gasteiger partial charge in [-0.2, -0.15) is 0 Å². The van der Waals surface area contributed by atoms with Crippen LogP contribution in [-0.2, 0) is 14.3 Å². The fraction of sp³-hybridized carbons (Fsp3) is 0.833. The van der Waals surface area contributed by atoms with Crippen molar-refractivity contribution >= 4 is 12.0 Å². The molecule has 8 nitrogen and oxygen atoms in total. The maximum Gasteiger partial charge on any atom is 0.329 e. The summed E-state index contributed by atoms with van der Waals surface area (Å²) >= 11 is 0. The van der Waals surface area contributed by atoms with E-state index in [1.807, 2.05) is 0 Å². The number of ether oxygens (including phenoxy) is 2. The standard InChI is InChI=1S/C12H20N2O6/c15-8-9-7-14(3-6-20-9)11(18)13-12(10(16)17)1-4-19-5-2-12/h9,15H,1-8H2,(H,13,18)(H,16,17). The molecule has 1 atom stereocenters. The van der Waals surface area contributed by atoms with Crippen LogP contribution in [0.4, 0.5) is 4.79 Å². The van der Waals surface area contributed by atoms with Crippen molar-refractivity contribution in [2.24, 2.45) is 0 Å². The number of amides is 2. The van der Waals surface area contributed by atoms with Crippen molar-refractivity contribution in [2.75, 3.05) is 39.5 Å². The second kappa shape index (κ2) is 6.38. The molecule has 20 heavy (non-hydrogen) atoms. The van der Waals surface area contributed by atoms with E-state index in [-0.39, 0.29) is 26.0 Å². The van der Waals surface area contributed by atoms with Crippen LogP contribution >= 0.6 is 0 Å². The molecule has 0 aromatic heterocycles. The van der Waals surface area contributed by atoms with E-state index in [4.69, 9.17) is 14.6 Å². The van der Waals surface area contributed by atoms with Crippen molar-refractivity contribution in [2.45, 2.75) is 24.5 Å². The highest BCUT2D eigenvalue weighted by Crippen LogP contribution is 2.21. The first-order valence-electron chi connectivity index (χ1n) is 6.68. The molecule has 2 aliphatic heterocycles. The second-order valence-electron chi connectivity index (χ2n) is 5.05. The molecule has 0 aromatic carbocycles. The monoisotopic (exact) mass is 288 g/mol. The van der Waals surface area contributed by atoms with E-state index in [1.165, 1.54) is 4.90 Å². The van der Waals surface area contributed by atoms with Gasteiger partial charge in [0.05, 0.1) is 25.9 Å². The van der Waals surface area contributed by atoms with Gasteiger partial charge in [-0.1, -0.05) is 0 Å². The topological polar surface area (TPSA) is 108 Å². The van der Waals surface area contributed by atoms with Gasteiger partial charge in [-0.05, 0) is 0 Å². The number of hydrogen-bond acceptors (Lipinski definition) is 5. The van der Waals surface area contributed by atoms with Crippen LogP contribution in [0.1, 0.15) is 12.8 Å². The van der Waals surface area contributed by atoms with E-state index in [0.29, 0.717) is 26.4 Å². The summed E-state index contributed by atoms with van der Waals surface area (Å²) in [6, 6.07) is -0.434. The lowest BCUT2D eigenvalue weighted by molar-refractivity contribution is -0.148. The average molecular weight is 288 g/mol. The molecular weight excluding hydrogens is 268 g/mol. The van der Waals surface area contributed by atoms with Crippen molar-refractivity contribution < 1.29 is 29.3 Å². The number of morpholine rings is 1. The lowest BCUT2D eigenvalue weighted by Gasteiger charge is -2.38. The summed E-state index contributed by atoms with van der Waals surface area (Å²) in [7, 11) is 0.